The second-order valence-electron chi connectivity index (χ2n) is 6.21. The van der Waals surface area contributed by atoms with Gasteiger partial charge in [-0.2, -0.15) is 5.01 Å². The summed E-state index contributed by atoms with van der Waals surface area (Å²) >= 11 is 0. The number of nitrogens with zero attached hydrogens (tertiary/aromatic N) is 2. The molecule has 0 aromatic heterocycles. The van der Waals surface area contributed by atoms with Crippen LogP contribution in [0.1, 0.15) is 25.0 Å². The standard InChI is InChI=1S/C16H20N6O5/c1-8(23)21(7-11(17)13(24)25)22-14(26)16(2,20-15(22)27)10-5-3-9(4-6-10)12(18)19/h3-6,11H,7,17H2,1-2H3,(H3,18,19)(H,20,27)(H,24,25)/t11-,16+/m0/s1. The lowest BCUT2D eigenvalue weighted by molar-refractivity contribution is -0.157. The molecule has 2 atom stereocenters. The molecule has 2 rings (SSSR count). The molecule has 1 aliphatic rings. The van der Waals surface area contributed by atoms with Gasteiger partial charge in [-0.25, -0.2) is 9.80 Å². The average molecular weight is 376 g/mol. The minimum Gasteiger partial charge on any atom is -0.480 e. The molecule has 1 aromatic rings. The van der Waals surface area contributed by atoms with E-state index in [1.165, 1.54) is 31.2 Å². The Bertz CT molecular complexity index is 823. The number of hydrogen-bond acceptors (Lipinski definition) is 6. The van der Waals surface area contributed by atoms with Crippen molar-refractivity contribution in [1.29, 1.82) is 5.41 Å². The first-order valence-corrected chi connectivity index (χ1v) is 7.87. The zero-order chi connectivity index (χ0) is 20.5. The maximum absolute atomic E-state index is 12.9. The maximum atomic E-state index is 12.9. The van der Waals surface area contributed by atoms with E-state index in [4.69, 9.17) is 22.0 Å². The number of rotatable bonds is 6. The van der Waals surface area contributed by atoms with Gasteiger partial charge >= 0.3 is 12.0 Å². The van der Waals surface area contributed by atoms with Gasteiger partial charge < -0.3 is 21.9 Å². The smallest absolute Gasteiger partial charge is 0.344 e. The zero-order valence-electron chi connectivity index (χ0n) is 14.7. The number of nitrogen functional groups attached to an aromatic ring is 1. The van der Waals surface area contributed by atoms with E-state index >= 15 is 0 Å². The number of hydrazine groups is 1. The van der Waals surface area contributed by atoms with Crippen molar-refractivity contribution in [2.75, 3.05) is 6.54 Å². The van der Waals surface area contributed by atoms with Crippen LogP contribution in [0.15, 0.2) is 24.3 Å². The Hall–Kier alpha value is -3.47. The average Bonchev–Trinajstić information content (AvgIpc) is 2.82. The van der Waals surface area contributed by atoms with E-state index in [-0.39, 0.29) is 5.84 Å². The lowest BCUT2D eigenvalue weighted by atomic mass is 9.91. The first kappa shape index (κ1) is 19.8. The second-order valence-corrected chi connectivity index (χ2v) is 6.21. The van der Waals surface area contributed by atoms with E-state index in [0.717, 1.165) is 6.92 Å². The summed E-state index contributed by atoms with van der Waals surface area (Å²) in [6.07, 6.45) is 0. The molecule has 0 spiro atoms. The van der Waals surface area contributed by atoms with Crippen LogP contribution in [0.25, 0.3) is 0 Å². The fourth-order valence-electron chi connectivity index (χ4n) is 2.64. The van der Waals surface area contributed by atoms with Crippen LogP contribution >= 0.6 is 0 Å². The third-order valence-corrected chi connectivity index (χ3v) is 4.23. The number of carbonyl (C=O) groups is 4. The molecule has 0 saturated carbocycles. The third-order valence-electron chi connectivity index (χ3n) is 4.23. The Morgan fingerprint density at radius 1 is 1.33 bits per heavy atom. The lowest BCUT2D eigenvalue weighted by Crippen LogP contribution is -2.55. The minimum absolute atomic E-state index is 0.152. The largest absolute Gasteiger partial charge is 0.480 e. The van der Waals surface area contributed by atoms with Gasteiger partial charge in [-0.05, 0) is 12.5 Å². The number of nitrogens with one attached hydrogen (secondary N) is 2. The topological polar surface area (TPSA) is 183 Å². The summed E-state index contributed by atoms with van der Waals surface area (Å²) in [5, 5.41) is 20.1. The van der Waals surface area contributed by atoms with Crippen molar-refractivity contribution in [3.63, 3.8) is 0 Å². The number of benzene rings is 1. The minimum atomic E-state index is -1.49. The number of carboxylic acids is 1. The molecule has 0 aliphatic carbocycles. The summed E-state index contributed by atoms with van der Waals surface area (Å²) < 4.78 is 0. The maximum Gasteiger partial charge on any atom is 0.344 e. The molecule has 7 N–H and O–H groups in total. The highest BCUT2D eigenvalue weighted by Gasteiger charge is 2.52. The molecule has 0 unspecified atom stereocenters. The van der Waals surface area contributed by atoms with Crippen LogP contribution in [0.2, 0.25) is 0 Å². The molecule has 144 valence electrons. The number of nitrogens with two attached hydrogens (primary N) is 2. The molecule has 0 radical (unpaired) electrons. The molecule has 27 heavy (non-hydrogen) atoms. The van der Waals surface area contributed by atoms with E-state index in [0.29, 0.717) is 21.1 Å². The summed E-state index contributed by atoms with van der Waals surface area (Å²) in [7, 11) is 0. The Morgan fingerprint density at radius 3 is 2.33 bits per heavy atom. The molecule has 11 heteroatoms. The van der Waals surface area contributed by atoms with E-state index in [2.05, 4.69) is 5.32 Å². The van der Waals surface area contributed by atoms with Gasteiger partial charge in [0.15, 0.2) is 0 Å². The fourth-order valence-corrected chi connectivity index (χ4v) is 2.64. The van der Waals surface area contributed by atoms with Gasteiger partial charge in [0.25, 0.3) is 5.91 Å². The van der Waals surface area contributed by atoms with Crippen molar-refractivity contribution < 1.29 is 24.3 Å². The normalized spacial score (nSPS) is 20.2. The van der Waals surface area contributed by atoms with Gasteiger partial charge in [0.1, 0.15) is 17.4 Å². The Morgan fingerprint density at radius 2 is 1.89 bits per heavy atom. The Kier molecular flexibility index (Phi) is 5.17. The van der Waals surface area contributed by atoms with Crippen molar-refractivity contribution in [2.24, 2.45) is 11.5 Å². The molecule has 1 fully saturated rings. The SMILES string of the molecule is CC(=O)N(C[C@H](N)C(=O)O)N1C(=O)N[C@](C)(c2ccc(C(=N)N)cc2)C1=O. The highest BCUT2D eigenvalue weighted by Crippen LogP contribution is 2.30. The predicted octanol–water partition coefficient (Wildman–Crippen LogP) is -1.09. The molecule has 4 amide bonds. The Balaban J connectivity index is 2.37. The van der Waals surface area contributed by atoms with Crippen LogP contribution in [0.3, 0.4) is 0 Å². The van der Waals surface area contributed by atoms with Crippen LogP contribution in [0, 0.1) is 5.41 Å². The van der Waals surface area contributed by atoms with E-state index in [1.54, 1.807) is 0 Å². The van der Waals surface area contributed by atoms with Gasteiger partial charge in [0, 0.05) is 12.5 Å². The summed E-state index contributed by atoms with van der Waals surface area (Å²) in [5.41, 5.74) is 10.2. The molecule has 1 saturated heterocycles. The molecule has 1 aromatic carbocycles. The summed E-state index contributed by atoms with van der Waals surface area (Å²) in [4.78, 5) is 48.2. The predicted molar refractivity (Wildman–Crippen MR) is 93.2 cm³/mol. The van der Waals surface area contributed by atoms with Gasteiger partial charge in [-0.15, -0.1) is 0 Å². The molecule has 1 heterocycles. The van der Waals surface area contributed by atoms with Crippen molar-refractivity contribution in [3.05, 3.63) is 35.4 Å². The summed E-state index contributed by atoms with van der Waals surface area (Å²) in [5.74, 6) is -3.02. The second kappa shape index (κ2) is 7.03. The van der Waals surface area contributed by atoms with E-state index < -0.39 is 41.9 Å². The summed E-state index contributed by atoms with van der Waals surface area (Å²) in [6, 6.07) is 3.74. The number of amidine groups is 1. The van der Waals surface area contributed by atoms with E-state index in [9.17, 15) is 19.2 Å². The van der Waals surface area contributed by atoms with E-state index in [1.807, 2.05) is 0 Å². The van der Waals surface area contributed by atoms with Crippen LogP contribution in [-0.4, -0.2) is 57.4 Å². The molecule has 11 nitrogen and oxygen atoms in total. The van der Waals surface area contributed by atoms with Gasteiger partial charge in [0.05, 0.1) is 6.54 Å². The number of aliphatic carboxylic acids is 1. The summed E-state index contributed by atoms with van der Waals surface area (Å²) in [6.45, 7) is 1.99. The third kappa shape index (κ3) is 3.58. The van der Waals surface area contributed by atoms with Crippen LogP contribution < -0.4 is 16.8 Å². The monoisotopic (exact) mass is 376 g/mol. The van der Waals surface area contributed by atoms with Crippen molar-refractivity contribution in [3.8, 4) is 0 Å². The quantitative estimate of drug-likeness (QED) is 0.237. The lowest BCUT2D eigenvalue weighted by Gasteiger charge is -2.30. The van der Waals surface area contributed by atoms with Crippen molar-refractivity contribution in [1.82, 2.24) is 15.3 Å². The molecule has 0 bridgehead atoms. The molecular weight excluding hydrogens is 356 g/mol. The van der Waals surface area contributed by atoms with Gasteiger partial charge in [-0.1, -0.05) is 24.3 Å². The first-order valence-electron chi connectivity index (χ1n) is 7.87. The molecule has 1 aliphatic heterocycles. The fraction of sp³-hybridized carbons (Fsp3) is 0.312. The number of carboxylic acid groups (broad SMARTS) is 1. The van der Waals surface area contributed by atoms with Crippen LogP contribution in [0.5, 0.6) is 0 Å². The molecular formula is C16H20N6O5. The highest BCUT2D eigenvalue weighted by molar-refractivity contribution is 6.08. The van der Waals surface area contributed by atoms with Gasteiger partial charge in [0.2, 0.25) is 5.91 Å². The van der Waals surface area contributed by atoms with Crippen LogP contribution in [0.4, 0.5) is 4.79 Å². The van der Waals surface area contributed by atoms with Gasteiger partial charge in [-0.3, -0.25) is 19.8 Å². The number of urea groups is 1. The van der Waals surface area contributed by atoms with Crippen molar-refractivity contribution >= 4 is 29.7 Å². The van der Waals surface area contributed by atoms with Crippen molar-refractivity contribution in [2.45, 2.75) is 25.4 Å². The zero-order valence-corrected chi connectivity index (χ0v) is 14.7. The number of carbonyl (C=O) groups excluding carboxylic acids is 3. The number of imide groups is 1. The number of hydrogen-bond donors (Lipinski definition) is 5. The van der Waals surface area contributed by atoms with Crippen LogP contribution in [-0.2, 0) is 19.9 Å². The highest BCUT2D eigenvalue weighted by atomic mass is 16.4. The first-order chi connectivity index (χ1) is 12.5. The number of amides is 4. The Labute approximate surface area is 154 Å².